The Hall–Kier alpha value is -2.88. The number of amides is 2. The van der Waals surface area contributed by atoms with Crippen LogP contribution in [0.3, 0.4) is 0 Å². The molecule has 0 saturated heterocycles. The van der Waals surface area contributed by atoms with Crippen LogP contribution >= 0.6 is 0 Å². The van der Waals surface area contributed by atoms with Crippen LogP contribution in [0.1, 0.15) is 41.6 Å². The lowest BCUT2D eigenvalue weighted by atomic mass is 9.93. The van der Waals surface area contributed by atoms with Crippen LogP contribution in [0.15, 0.2) is 54.7 Å². The highest BCUT2D eigenvalue weighted by Crippen LogP contribution is 2.32. The van der Waals surface area contributed by atoms with Crippen LogP contribution < -0.4 is 5.32 Å². The van der Waals surface area contributed by atoms with E-state index in [9.17, 15) is 9.59 Å². The van der Waals surface area contributed by atoms with Crippen LogP contribution in [-0.4, -0.2) is 16.7 Å². The molecule has 1 aliphatic heterocycles. The van der Waals surface area contributed by atoms with Gasteiger partial charge in [-0.05, 0) is 35.3 Å². The van der Waals surface area contributed by atoms with E-state index in [1.807, 2.05) is 61.5 Å². The molecule has 0 spiro atoms. The molecular weight excluding hydrogens is 312 g/mol. The molecule has 1 aliphatic rings. The third kappa shape index (κ3) is 3.79. The first-order chi connectivity index (χ1) is 12.1. The van der Waals surface area contributed by atoms with E-state index in [-0.39, 0.29) is 24.3 Å². The standard InChI is InChI=1S/C21H22N2O2/c1-15-7-3-4-9-18(15)14-22-21(25)13-20-19-10-6-5-8-17(19)11-12-23(20)16(2)24/h3-12,20H,13-14H2,1-2H3,(H,22,25)/t20-/m1/s1. The number of benzene rings is 2. The summed E-state index contributed by atoms with van der Waals surface area (Å²) < 4.78 is 0. The van der Waals surface area contributed by atoms with Gasteiger partial charge in [0.1, 0.15) is 0 Å². The summed E-state index contributed by atoms with van der Waals surface area (Å²) in [5.74, 6) is -0.132. The molecule has 0 radical (unpaired) electrons. The van der Waals surface area contributed by atoms with Crippen molar-refractivity contribution in [3.05, 3.63) is 77.0 Å². The molecule has 3 rings (SSSR count). The third-order valence-corrected chi connectivity index (χ3v) is 4.59. The third-order valence-electron chi connectivity index (χ3n) is 4.59. The SMILES string of the molecule is CC(=O)N1C=Cc2ccccc2[C@H]1CC(=O)NCc1ccccc1C. The summed E-state index contributed by atoms with van der Waals surface area (Å²) in [7, 11) is 0. The van der Waals surface area contributed by atoms with Gasteiger partial charge in [0.15, 0.2) is 0 Å². The first kappa shape index (κ1) is 17.0. The summed E-state index contributed by atoms with van der Waals surface area (Å²) in [6, 6.07) is 15.6. The summed E-state index contributed by atoms with van der Waals surface area (Å²) >= 11 is 0. The van der Waals surface area contributed by atoms with Gasteiger partial charge in [-0.1, -0.05) is 48.5 Å². The van der Waals surface area contributed by atoms with Crippen molar-refractivity contribution in [1.29, 1.82) is 0 Å². The van der Waals surface area contributed by atoms with Crippen molar-refractivity contribution in [3.63, 3.8) is 0 Å². The molecule has 0 aliphatic carbocycles. The number of fused-ring (bicyclic) bond motifs is 1. The van der Waals surface area contributed by atoms with Crippen molar-refractivity contribution in [1.82, 2.24) is 10.2 Å². The Balaban J connectivity index is 1.73. The molecule has 1 heterocycles. The lowest BCUT2D eigenvalue weighted by molar-refractivity contribution is -0.130. The number of carbonyl (C=O) groups is 2. The van der Waals surface area contributed by atoms with Crippen molar-refractivity contribution < 1.29 is 9.59 Å². The van der Waals surface area contributed by atoms with Crippen LogP contribution in [-0.2, 0) is 16.1 Å². The highest BCUT2D eigenvalue weighted by atomic mass is 16.2. The smallest absolute Gasteiger partial charge is 0.223 e. The van der Waals surface area contributed by atoms with Crippen LogP contribution in [0.5, 0.6) is 0 Å². The van der Waals surface area contributed by atoms with Gasteiger partial charge in [-0.25, -0.2) is 0 Å². The van der Waals surface area contributed by atoms with Gasteiger partial charge in [0, 0.05) is 19.7 Å². The second-order valence-corrected chi connectivity index (χ2v) is 6.29. The van der Waals surface area contributed by atoms with E-state index in [4.69, 9.17) is 0 Å². The van der Waals surface area contributed by atoms with E-state index in [0.717, 1.165) is 22.3 Å². The van der Waals surface area contributed by atoms with Crippen LogP contribution in [0.25, 0.3) is 6.08 Å². The topological polar surface area (TPSA) is 49.4 Å². The molecule has 0 unspecified atom stereocenters. The Kier molecular flexibility index (Phi) is 4.98. The quantitative estimate of drug-likeness (QED) is 0.929. The zero-order valence-electron chi connectivity index (χ0n) is 14.5. The molecule has 2 amide bonds. The molecule has 0 saturated carbocycles. The minimum absolute atomic E-state index is 0.0652. The Morgan fingerprint density at radius 1 is 1.08 bits per heavy atom. The monoisotopic (exact) mass is 334 g/mol. The molecular formula is C21H22N2O2. The first-order valence-corrected chi connectivity index (χ1v) is 8.43. The van der Waals surface area contributed by atoms with Crippen LogP contribution in [0.2, 0.25) is 0 Å². The fourth-order valence-electron chi connectivity index (χ4n) is 3.16. The van der Waals surface area contributed by atoms with E-state index in [2.05, 4.69) is 5.32 Å². The Morgan fingerprint density at radius 3 is 2.56 bits per heavy atom. The summed E-state index contributed by atoms with van der Waals surface area (Å²) in [4.78, 5) is 26.1. The zero-order valence-corrected chi connectivity index (χ0v) is 14.5. The largest absolute Gasteiger partial charge is 0.352 e. The molecule has 1 atom stereocenters. The number of aryl methyl sites for hydroxylation is 1. The van der Waals surface area contributed by atoms with E-state index < -0.39 is 0 Å². The summed E-state index contributed by atoms with van der Waals surface area (Å²) in [6.07, 6.45) is 3.93. The van der Waals surface area contributed by atoms with E-state index >= 15 is 0 Å². The average Bonchev–Trinajstić information content (AvgIpc) is 2.61. The fraction of sp³-hybridized carbons (Fsp3) is 0.238. The van der Waals surface area contributed by atoms with Gasteiger partial charge in [0.05, 0.1) is 12.5 Å². The number of rotatable bonds is 4. The number of nitrogens with one attached hydrogen (secondary N) is 1. The number of hydrogen-bond donors (Lipinski definition) is 1. The number of nitrogens with zero attached hydrogens (tertiary/aromatic N) is 1. The van der Waals surface area contributed by atoms with Crippen molar-refractivity contribution in [2.24, 2.45) is 0 Å². The van der Waals surface area contributed by atoms with Gasteiger partial charge < -0.3 is 10.2 Å². The Morgan fingerprint density at radius 2 is 1.80 bits per heavy atom. The fourth-order valence-corrected chi connectivity index (χ4v) is 3.16. The first-order valence-electron chi connectivity index (χ1n) is 8.43. The van der Waals surface area contributed by atoms with Crippen molar-refractivity contribution in [2.45, 2.75) is 32.9 Å². The van der Waals surface area contributed by atoms with Gasteiger partial charge in [-0.2, -0.15) is 0 Å². The number of carbonyl (C=O) groups excluding carboxylic acids is 2. The van der Waals surface area contributed by atoms with Crippen molar-refractivity contribution in [2.75, 3.05) is 0 Å². The summed E-state index contributed by atoms with van der Waals surface area (Å²) in [5, 5.41) is 2.98. The molecule has 128 valence electrons. The summed E-state index contributed by atoms with van der Waals surface area (Å²) in [6.45, 7) is 4.05. The second kappa shape index (κ2) is 7.34. The maximum atomic E-state index is 12.5. The van der Waals surface area contributed by atoms with E-state index in [1.165, 1.54) is 6.92 Å². The Bertz CT molecular complexity index is 826. The van der Waals surface area contributed by atoms with Gasteiger partial charge >= 0.3 is 0 Å². The van der Waals surface area contributed by atoms with Crippen molar-refractivity contribution >= 4 is 17.9 Å². The van der Waals surface area contributed by atoms with Crippen molar-refractivity contribution in [3.8, 4) is 0 Å². The minimum Gasteiger partial charge on any atom is -0.352 e. The molecule has 0 bridgehead atoms. The van der Waals surface area contributed by atoms with Gasteiger partial charge in [0.25, 0.3) is 0 Å². The molecule has 1 N–H and O–H groups in total. The lowest BCUT2D eigenvalue weighted by Gasteiger charge is -2.32. The molecule has 2 aromatic rings. The zero-order chi connectivity index (χ0) is 17.8. The minimum atomic E-state index is -0.268. The van der Waals surface area contributed by atoms with Crippen LogP contribution in [0, 0.1) is 6.92 Å². The van der Waals surface area contributed by atoms with Gasteiger partial charge in [0.2, 0.25) is 11.8 Å². The Labute approximate surface area is 148 Å². The normalized spacial score (nSPS) is 15.6. The predicted molar refractivity (Wildman–Crippen MR) is 98.4 cm³/mol. The van der Waals surface area contributed by atoms with Gasteiger partial charge in [-0.15, -0.1) is 0 Å². The molecule has 0 aromatic heterocycles. The molecule has 4 heteroatoms. The maximum absolute atomic E-state index is 12.5. The van der Waals surface area contributed by atoms with E-state index in [1.54, 1.807) is 11.1 Å². The van der Waals surface area contributed by atoms with Crippen LogP contribution in [0.4, 0.5) is 0 Å². The van der Waals surface area contributed by atoms with Gasteiger partial charge in [-0.3, -0.25) is 9.59 Å². The molecule has 4 nitrogen and oxygen atoms in total. The molecule has 2 aromatic carbocycles. The highest BCUT2D eigenvalue weighted by Gasteiger charge is 2.28. The molecule has 0 fully saturated rings. The lowest BCUT2D eigenvalue weighted by Crippen LogP contribution is -2.35. The molecule has 25 heavy (non-hydrogen) atoms. The summed E-state index contributed by atoms with van der Waals surface area (Å²) in [5.41, 5.74) is 4.31. The highest BCUT2D eigenvalue weighted by molar-refractivity contribution is 5.81. The average molecular weight is 334 g/mol. The maximum Gasteiger partial charge on any atom is 0.223 e. The van der Waals surface area contributed by atoms with E-state index in [0.29, 0.717) is 6.54 Å². The predicted octanol–water partition coefficient (Wildman–Crippen LogP) is 3.58. The number of hydrogen-bond acceptors (Lipinski definition) is 2. The second-order valence-electron chi connectivity index (χ2n) is 6.29.